The van der Waals surface area contributed by atoms with E-state index >= 15 is 0 Å². The van der Waals surface area contributed by atoms with Gasteiger partial charge in [-0.2, -0.15) is 0 Å². The van der Waals surface area contributed by atoms with Crippen LogP contribution in [0.4, 0.5) is 5.69 Å². The molecule has 4 rings (SSSR count). The number of furan rings is 1. The second kappa shape index (κ2) is 8.11. The molecule has 0 unspecified atom stereocenters. The zero-order valence-corrected chi connectivity index (χ0v) is 16.4. The fourth-order valence-electron chi connectivity index (χ4n) is 4.37. The quantitative estimate of drug-likeness (QED) is 0.833. The summed E-state index contributed by atoms with van der Waals surface area (Å²) in [5.41, 5.74) is 1.70. The Morgan fingerprint density at radius 3 is 2.79 bits per heavy atom. The molecule has 2 aliphatic rings. The molecule has 3 amide bonds. The Kier molecular flexibility index (Phi) is 5.38. The van der Waals surface area contributed by atoms with Gasteiger partial charge in [-0.3, -0.25) is 14.4 Å². The number of carbonyl (C=O) groups excluding carboxylic acids is 3. The minimum atomic E-state index is -0.864. The van der Waals surface area contributed by atoms with Crippen LogP contribution in [0, 0.1) is 6.92 Å². The minimum absolute atomic E-state index is 0.0775. The van der Waals surface area contributed by atoms with E-state index in [1.807, 2.05) is 25.1 Å². The van der Waals surface area contributed by atoms with Crippen LogP contribution in [0.25, 0.3) is 0 Å². The number of hydrogen-bond acceptors (Lipinski definition) is 4. The summed E-state index contributed by atoms with van der Waals surface area (Å²) in [6, 6.07) is 9.63. The molecule has 2 heterocycles. The lowest BCUT2D eigenvalue weighted by atomic mass is 9.85. The van der Waals surface area contributed by atoms with Gasteiger partial charge < -0.3 is 20.0 Å². The fourth-order valence-corrected chi connectivity index (χ4v) is 4.37. The number of amides is 3. The smallest absolute Gasteiger partial charge is 0.290 e. The van der Waals surface area contributed by atoms with Gasteiger partial charge in [0.05, 0.1) is 18.7 Å². The van der Waals surface area contributed by atoms with Crippen LogP contribution in [0.3, 0.4) is 0 Å². The van der Waals surface area contributed by atoms with Gasteiger partial charge in [0.2, 0.25) is 11.8 Å². The third kappa shape index (κ3) is 4.04. The van der Waals surface area contributed by atoms with Crippen molar-refractivity contribution in [2.24, 2.45) is 0 Å². The molecule has 7 heteroatoms. The van der Waals surface area contributed by atoms with E-state index in [-0.39, 0.29) is 42.0 Å². The summed E-state index contributed by atoms with van der Waals surface area (Å²) in [5.74, 6) is -0.738. The lowest BCUT2D eigenvalue weighted by Crippen LogP contribution is -2.68. The van der Waals surface area contributed by atoms with E-state index in [1.54, 1.807) is 23.1 Å². The fraction of sp³-hybridized carbons (Fsp3) is 0.409. The Hall–Kier alpha value is -3.09. The number of aryl methyl sites for hydroxylation is 1. The summed E-state index contributed by atoms with van der Waals surface area (Å²) < 4.78 is 5.30. The summed E-state index contributed by atoms with van der Waals surface area (Å²) >= 11 is 0. The Bertz CT molecular complexity index is 909. The van der Waals surface area contributed by atoms with Gasteiger partial charge in [0, 0.05) is 11.7 Å². The third-order valence-electron chi connectivity index (χ3n) is 5.70. The molecule has 0 bridgehead atoms. The van der Waals surface area contributed by atoms with E-state index < -0.39 is 6.04 Å². The van der Waals surface area contributed by atoms with Crippen molar-refractivity contribution < 1.29 is 18.8 Å². The van der Waals surface area contributed by atoms with Crippen molar-refractivity contribution in [1.29, 1.82) is 0 Å². The maximum absolute atomic E-state index is 13.2. The molecule has 2 N–H and O–H groups in total. The van der Waals surface area contributed by atoms with Crippen LogP contribution in [0.2, 0.25) is 0 Å². The molecule has 3 atom stereocenters. The van der Waals surface area contributed by atoms with Crippen LogP contribution in [0.5, 0.6) is 0 Å². The zero-order valence-electron chi connectivity index (χ0n) is 16.4. The number of nitrogens with zero attached hydrogens (tertiary/aromatic N) is 1. The van der Waals surface area contributed by atoms with Crippen molar-refractivity contribution in [3.8, 4) is 0 Å². The van der Waals surface area contributed by atoms with Crippen molar-refractivity contribution in [2.45, 2.75) is 57.2 Å². The number of piperazine rings is 1. The highest BCUT2D eigenvalue weighted by Crippen LogP contribution is 2.31. The first-order chi connectivity index (χ1) is 14.0. The zero-order chi connectivity index (χ0) is 20.4. The van der Waals surface area contributed by atoms with E-state index in [9.17, 15) is 14.4 Å². The molecule has 1 aromatic carbocycles. The summed E-state index contributed by atoms with van der Waals surface area (Å²) in [7, 11) is 0. The minimum Gasteiger partial charge on any atom is -0.459 e. The van der Waals surface area contributed by atoms with Gasteiger partial charge in [0.1, 0.15) is 6.04 Å². The number of anilines is 1. The van der Waals surface area contributed by atoms with Gasteiger partial charge in [0.25, 0.3) is 5.91 Å². The molecule has 1 aliphatic carbocycles. The third-order valence-corrected chi connectivity index (χ3v) is 5.70. The number of fused-ring (bicyclic) bond motifs is 1. The summed E-state index contributed by atoms with van der Waals surface area (Å²) in [4.78, 5) is 40.3. The number of carbonyl (C=O) groups is 3. The molecule has 7 nitrogen and oxygen atoms in total. The number of nitrogens with one attached hydrogen (secondary N) is 2. The molecule has 1 aromatic heterocycles. The van der Waals surface area contributed by atoms with Crippen molar-refractivity contribution in [3.63, 3.8) is 0 Å². The molecule has 1 saturated heterocycles. The largest absolute Gasteiger partial charge is 0.459 e. The molecule has 1 saturated carbocycles. The highest BCUT2D eigenvalue weighted by atomic mass is 16.3. The van der Waals surface area contributed by atoms with Gasteiger partial charge in [0.15, 0.2) is 5.76 Å². The summed E-state index contributed by atoms with van der Waals surface area (Å²) in [6.07, 6.45) is 4.97. The Balaban J connectivity index is 1.57. The highest BCUT2D eigenvalue weighted by Gasteiger charge is 2.46. The van der Waals surface area contributed by atoms with Crippen molar-refractivity contribution in [3.05, 3.63) is 54.0 Å². The van der Waals surface area contributed by atoms with Crippen LogP contribution in [0.15, 0.2) is 47.1 Å². The van der Waals surface area contributed by atoms with Crippen molar-refractivity contribution in [1.82, 2.24) is 10.2 Å². The SMILES string of the molecule is Cc1cccc(NC(=O)C[C@@H]2C(=O)N[C@@H]3CCCC[C@@H]3N2C(=O)c2ccco2)c1. The summed E-state index contributed by atoms with van der Waals surface area (Å²) in [6.45, 7) is 1.94. The Morgan fingerprint density at radius 2 is 2.03 bits per heavy atom. The van der Waals surface area contributed by atoms with Crippen LogP contribution in [-0.2, 0) is 9.59 Å². The molecular formula is C22H25N3O4. The Labute approximate surface area is 169 Å². The molecule has 0 spiro atoms. The van der Waals surface area contributed by atoms with Gasteiger partial charge in [-0.1, -0.05) is 25.0 Å². The monoisotopic (exact) mass is 395 g/mol. The Morgan fingerprint density at radius 1 is 1.21 bits per heavy atom. The van der Waals surface area contributed by atoms with E-state index in [0.717, 1.165) is 31.2 Å². The maximum Gasteiger partial charge on any atom is 0.290 e. The van der Waals surface area contributed by atoms with Gasteiger partial charge in [-0.05, 0) is 49.6 Å². The predicted molar refractivity (Wildman–Crippen MR) is 107 cm³/mol. The molecule has 152 valence electrons. The summed E-state index contributed by atoms with van der Waals surface area (Å²) in [5, 5.41) is 5.87. The average Bonchev–Trinajstić information content (AvgIpc) is 3.23. The number of benzene rings is 1. The lowest BCUT2D eigenvalue weighted by Gasteiger charge is -2.47. The van der Waals surface area contributed by atoms with Crippen LogP contribution >= 0.6 is 0 Å². The topological polar surface area (TPSA) is 91.7 Å². The second-order valence-electron chi connectivity index (χ2n) is 7.79. The molecule has 1 aliphatic heterocycles. The van der Waals surface area contributed by atoms with Gasteiger partial charge in [-0.25, -0.2) is 0 Å². The standard InChI is InChI=1S/C22H25N3O4/c1-14-6-4-7-15(12-14)23-20(26)13-18-21(27)24-16-8-2-3-9-17(16)25(18)22(28)19-10-5-11-29-19/h4-7,10-12,16-18H,2-3,8-9,13H2,1H3,(H,23,26)(H,24,27)/t16-,17+,18-/m1/s1. The maximum atomic E-state index is 13.2. The van der Waals surface area contributed by atoms with E-state index in [1.165, 1.54) is 6.26 Å². The normalized spacial score (nSPS) is 23.8. The lowest BCUT2D eigenvalue weighted by molar-refractivity contribution is -0.135. The number of rotatable bonds is 4. The number of hydrogen-bond donors (Lipinski definition) is 2. The van der Waals surface area contributed by atoms with E-state index in [2.05, 4.69) is 10.6 Å². The second-order valence-corrected chi connectivity index (χ2v) is 7.79. The van der Waals surface area contributed by atoms with E-state index in [0.29, 0.717) is 5.69 Å². The van der Waals surface area contributed by atoms with Crippen LogP contribution in [-0.4, -0.2) is 40.7 Å². The molecule has 0 radical (unpaired) electrons. The molecule has 2 fully saturated rings. The predicted octanol–water partition coefficient (Wildman–Crippen LogP) is 2.87. The van der Waals surface area contributed by atoms with Crippen LogP contribution in [0.1, 0.15) is 48.2 Å². The first kappa shape index (κ1) is 19.2. The average molecular weight is 395 g/mol. The molecule has 2 aromatic rings. The van der Waals surface area contributed by atoms with Crippen molar-refractivity contribution in [2.75, 3.05) is 5.32 Å². The van der Waals surface area contributed by atoms with E-state index in [4.69, 9.17) is 4.42 Å². The first-order valence-corrected chi connectivity index (χ1v) is 10.1. The van der Waals surface area contributed by atoms with Crippen molar-refractivity contribution >= 4 is 23.4 Å². The van der Waals surface area contributed by atoms with Gasteiger partial charge in [-0.15, -0.1) is 0 Å². The first-order valence-electron chi connectivity index (χ1n) is 10.1. The highest BCUT2D eigenvalue weighted by molar-refractivity contribution is 6.00. The van der Waals surface area contributed by atoms with Crippen LogP contribution < -0.4 is 10.6 Å². The van der Waals surface area contributed by atoms with Gasteiger partial charge >= 0.3 is 0 Å². The molecule has 29 heavy (non-hydrogen) atoms. The molecular weight excluding hydrogens is 370 g/mol.